The van der Waals surface area contributed by atoms with Crippen molar-refractivity contribution >= 4 is 0 Å². The lowest BCUT2D eigenvalue weighted by Gasteiger charge is -2.22. The third-order valence-corrected chi connectivity index (χ3v) is 5.55. The summed E-state index contributed by atoms with van der Waals surface area (Å²) < 4.78 is 0. The van der Waals surface area contributed by atoms with Crippen molar-refractivity contribution in [3.63, 3.8) is 0 Å². The quantitative estimate of drug-likeness (QED) is 0.428. The fourth-order valence-corrected chi connectivity index (χ4v) is 4.33. The Labute approximate surface area is 159 Å². The van der Waals surface area contributed by atoms with Gasteiger partial charge in [0.05, 0.1) is 0 Å². The highest BCUT2D eigenvalue weighted by molar-refractivity contribution is 5.80. The Hall–Kier alpha value is -3.16. The molecule has 0 heterocycles. The SMILES string of the molecule is OC(c1ccccc1)c1ccccc1C1c2ccccc2-c2ccccc21. The highest BCUT2D eigenvalue weighted by Gasteiger charge is 2.31. The van der Waals surface area contributed by atoms with Gasteiger partial charge in [0.25, 0.3) is 0 Å². The second-order valence-corrected chi connectivity index (χ2v) is 7.05. The molecular formula is C26H20O. The topological polar surface area (TPSA) is 20.2 Å². The van der Waals surface area contributed by atoms with Crippen LogP contribution in [-0.2, 0) is 0 Å². The maximum absolute atomic E-state index is 11.1. The van der Waals surface area contributed by atoms with Gasteiger partial charge in [0, 0.05) is 5.92 Å². The lowest BCUT2D eigenvalue weighted by atomic mass is 9.84. The smallest absolute Gasteiger partial charge is 0.104 e. The lowest BCUT2D eigenvalue weighted by molar-refractivity contribution is 0.219. The van der Waals surface area contributed by atoms with E-state index in [0.29, 0.717) is 0 Å². The van der Waals surface area contributed by atoms with Crippen LogP contribution in [0, 0.1) is 0 Å². The number of fused-ring (bicyclic) bond motifs is 3. The van der Waals surface area contributed by atoms with Gasteiger partial charge < -0.3 is 5.11 Å². The Morgan fingerprint density at radius 3 is 1.63 bits per heavy atom. The first-order valence-electron chi connectivity index (χ1n) is 9.34. The number of hydrogen-bond donors (Lipinski definition) is 1. The average Bonchev–Trinajstić information content (AvgIpc) is 3.08. The Morgan fingerprint density at radius 1 is 0.519 bits per heavy atom. The van der Waals surface area contributed by atoms with Crippen molar-refractivity contribution < 1.29 is 5.11 Å². The summed E-state index contributed by atoms with van der Waals surface area (Å²) in [7, 11) is 0. The van der Waals surface area contributed by atoms with E-state index in [-0.39, 0.29) is 5.92 Å². The largest absolute Gasteiger partial charge is 0.384 e. The summed E-state index contributed by atoms with van der Waals surface area (Å²) >= 11 is 0. The number of aliphatic hydroxyl groups is 1. The van der Waals surface area contributed by atoms with E-state index in [1.165, 1.54) is 27.8 Å². The van der Waals surface area contributed by atoms with Crippen molar-refractivity contribution in [2.75, 3.05) is 0 Å². The molecule has 4 aromatic rings. The van der Waals surface area contributed by atoms with Crippen molar-refractivity contribution in [2.24, 2.45) is 0 Å². The molecule has 0 radical (unpaired) electrons. The Kier molecular flexibility index (Phi) is 3.88. The third-order valence-electron chi connectivity index (χ3n) is 5.55. The number of rotatable bonds is 3. The van der Waals surface area contributed by atoms with Gasteiger partial charge in [0.2, 0.25) is 0 Å². The van der Waals surface area contributed by atoms with Crippen LogP contribution in [0.5, 0.6) is 0 Å². The molecule has 27 heavy (non-hydrogen) atoms. The third kappa shape index (κ3) is 2.59. The van der Waals surface area contributed by atoms with Crippen LogP contribution in [0.3, 0.4) is 0 Å². The summed E-state index contributed by atoms with van der Waals surface area (Å²) in [6, 6.07) is 35.4. The van der Waals surface area contributed by atoms with E-state index in [9.17, 15) is 5.11 Å². The predicted molar refractivity (Wildman–Crippen MR) is 110 cm³/mol. The molecule has 4 aromatic carbocycles. The molecule has 0 amide bonds. The Morgan fingerprint density at radius 2 is 1.00 bits per heavy atom. The molecular weight excluding hydrogens is 328 g/mol. The summed E-state index contributed by atoms with van der Waals surface area (Å²) in [5.74, 6) is 0.145. The first kappa shape index (κ1) is 16.0. The van der Waals surface area contributed by atoms with Gasteiger partial charge in [-0.3, -0.25) is 0 Å². The molecule has 1 nitrogen and oxygen atoms in total. The lowest BCUT2D eigenvalue weighted by Crippen LogP contribution is -2.08. The molecule has 1 N–H and O–H groups in total. The van der Waals surface area contributed by atoms with Gasteiger partial charge in [0.1, 0.15) is 6.10 Å². The second kappa shape index (κ2) is 6.53. The fourth-order valence-electron chi connectivity index (χ4n) is 4.33. The molecule has 1 heteroatoms. The zero-order chi connectivity index (χ0) is 18.2. The molecule has 1 aliphatic rings. The molecule has 1 atom stereocenters. The van der Waals surface area contributed by atoms with Crippen molar-refractivity contribution in [3.8, 4) is 11.1 Å². The van der Waals surface area contributed by atoms with Gasteiger partial charge in [-0.2, -0.15) is 0 Å². The summed E-state index contributed by atoms with van der Waals surface area (Å²) in [5, 5.41) is 11.1. The molecule has 0 aromatic heterocycles. The first-order chi connectivity index (χ1) is 13.3. The highest BCUT2D eigenvalue weighted by Crippen LogP contribution is 2.49. The van der Waals surface area contributed by atoms with Gasteiger partial charge in [-0.1, -0.05) is 103 Å². The minimum Gasteiger partial charge on any atom is -0.384 e. The van der Waals surface area contributed by atoms with Gasteiger partial charge in [-0.25, -0.2) is 0 Å². The van der Waals surface area contributed by atoms with E-state index in [0.717, 1.165) is 11.1 Å². The minimum absolute atomic E-state index is 0.145. The van der Waals surface area contributed by atoms with Gasteiger partial charge in [-0.15, -0.1) is 0 Å². The minimum atomic E-state index is -0.637. The molecule has 0 fully saturated rings. The van der Waals surface area contributed by atoms with Crippen LogP contribution in [0.1, 0.15) is 39.8 Å². The van der Waals surface area contributed by atoms with Crippen molar-refractivity contribution in [3.05, 3.63) is 131 Å². The molecule has 1 unspecified atom stereocenters. The van der Waals surface area contributed by atoms with Crippen LogP contribution in [-0.4, -0.2) is 5.11 Å². The monoisotopic (exact) mass is 348 g/mol. The van der Waals surface area contributed by atoms with E-state index in [4.69, 9.17) is 0 Å². The van der Waals surface area contributed by atoms with Crippen molar-refractivity contribution in [2.45, 2.75) is 12.0 Å². The van der Waals surface area contributed by atoms with Gasteiger partial charge in [-0.05, 0) is 38.9 Å². The van der Waals surface area contributed by atoms with Crippen LogP contribution in [0.25, 0.3) is 11.1 Å². The van der Waals surface area contributed by atoms with Crippen LogP contribution < -0.4 is 0 Å². The Bertz CT molecular complexity index is 1050. The van der Waals surface area contributed by atoms with Crippen molar-refractivity contribution in [1.82, 2.24) is 0 Å². The standard InChI is InChI=1S/C26H20O/c27-26(18-10-2-1-3-11-18)24-17-9-8-16-23(24)25-21-14-6-4-12-19(21)20-13-5-7-15-22(20)25/h1-17,25-27H. The zero-order valence-electron chi connectivity index (χ0n) is 14.9. The molecule has 0 aliphatic heterocycles. The summed E-state index contributed by atoms with van der Waals surface area (Å²) in [6.07, 6.45) is -0.637. The van der Waals surface area contributed by atoms with Crippen molar-refractivity contribution in [1.29, 1.82) is 0 Å². The van der Waals surface area contributed by atoms with Gasteiger partial charge >= 0.3 is 0 Å². The highest BCUT2D eigenvalue weighted by atomic mass is 16.3. The number of hydrogen-bond acceptors (Lipinski definition) is 1. The van der Waals surface area contributed by atoms with Gasteiger partial charge in [0.15, 0.2) is 0 Å². The predicted octanol–water partition coefficient (Wildman–Crippen LogP) is 5.93. The first-order valence-corrected chi connectivity index (χ1v) is 9.34. The van der Waals surface area contributed by atoms with Crippen LogP contribution in [0.15, 0.2) is 103 Å². The summed E-state index contributed by atoms with van der Waals surface area (Å²) in [6.45, 7) is 0. The second-order valence-electron chi connectivity index (χ2n) is 7.05. The number of aliphatic hydroxyl groups excluding tert-OH is 1. The van der Waals surface area contributed by atoms with Crippen LogP contribution in [0.2, 0.25) is 0 Å². The van der Waals surface area contributed by atoms with Crippen LogP contribution >= 0.6 is 0 Å². The molecule has 0 bridgehead atoms. The fraction of sp³-hybridized carbons (Fsp3) is 0.0769. The zero-order valence-corrected chi connectivity index (χ0v) is 14.9. The average molecular weight is 348 g/mol. The number of benzene rings is 4. The van der Waals surface area contributed by atoms with E-state index >= 15 is 0 Å². The molecule has 0 spiro atoms. The molecule has 1 aliphatic carbocycles. The molecule has 130 valence electrons. The molecule has 5 rings (SSSR count). The van der Waals surface area contributed by atoms with E-state index in [1.54, 1.807) is 0 Å². The molecule has 0 saturated carbocycles. The molecule has 0 saturated heterocycles. The van der Waals surface area contributed by atoms with E-state index in [1.807, 2.05) is 36.4 Å². The Balaban J connectivity index is 1.71. The van der Waals surface area contributed by atoms with E-state index in [2.05, 4.69) is 66.7 Å². The maximum Gasteiger partial charge on any atom is 0.104 e. The summed E-state index contributed by atoms with van der Waals surface area (Å²) in [4.78, 5) is 0. The van der Waals surface area contributed by atoms with Crippen LogP contribution in [0.4, 0.5) is 0 Å². The normalized spacial score (nSPS) is 13.8. The van der Waals surface area contributed by atoms with E-state index < -0.39 is 6.10 Å². The summed E-state index contributed by atoms with van der Waals surface area (Å²) in [5.41, 5.74) is 8.28. The maximum atomic E-state index is 11.1.